The largest absolute Gasteiger partial charge is 0.310 e. The number of rotatable bonds is 3. The van der Waals surface area contributed by atoms with E-state index in [9.17, 15) is 0 Å². The number of nitrogens with one attached hydrogen (secondary N) is 1. The minimum Gasteiger partial charge on any atom is -0.310 e. The molecule has 1 nitrogen and oxygen atoms in total. The van der Waals surface area contributed by atoms with Crippen molar-refractivity contribution in [2.75, 3.05) is 6.54 Å². The average Bonchev–Trinajstić information content (AvgIpc) is 2.05. The SMILES string of the molecule is CCN[C@H](C)c1ccccc1Cl. The normalized spacial score (nSPS) is 12.9. The molecule has 2 heteroatoms. The van der Waals surface area contributed by atoms with Crippen molar-refractivity contribution in [3.05, 3.63) is 34.9 Å². The predicted molar refractivity (Wildman–Crippen MR) is 53.5 cm³/mol. The Morgan fingerprint density at radius 2 is 2.08 bits per heavy atom. The highest BCUT2D eigenvalue weighted by molar-refractivity contribution is 6.31. The summed E-state index contributed by atoms with van der Waals surface area (Å²) in [4.78, 5) is 0. The Balaban J connectivity index is 2.79. The third-order valence-electron chi connectivity index (χ3n) is 1.88. The van der Waals surface area contributed by atoms with E-state index in [0.717, 1.165) is 11.6 Å². The molecular weight excluding hydrogens is 170 g/mol. The maximum atomic E-state index is 6.01. The molecule has 66 valence electrons. The predicted octanol–water partition coefficient (Wildman–Crippen LogP) is 3.01. The maximum Gasteiger partial charge on any atom is 0.0453 e. The van der Waals surface area contributed by atoms with Crippen LogP contribution in [0, 0.1) is 0 Å². The summed E-state index contributed by atoms with van der Waals surface area (Å²) in [6, 6.07) is 8.27. The van der Waals surface area contributed by atoms with E-state index in [1.54, 1.807) is 0 Å². The summed E-state index contributed by atoms with van der Waals surface area (Å²) >= 11 is 6.01. The average molecular weight is 184 g/mol. The lowest BCUT2D eigenvalue weighted by molar-refractivity contribution is 0.598. The van der Waals surface area contributed by atoms with Crippen LogP contribution >= 0.6 is 11.6 Å². The Kier molecular flexibility index (Phi) is 3.57. The van der Waals surface area contributed by atoms with E-state index < -0.39 is 0 Å². The third-order valence-corrected chi connectivity index (χ3v) is 2.23. The summed E-state index contributed by atoms with van der Waals surface area (Å²) in [7, 11) is 0. The van der Waals surface area contributed by atoms with Crippen molar-refractivity contribution >= 4 is 11.6 Å². The van der Waals surface area contributed by atoms with Crippen LogP contribution in [0.25, 0.3) is 0 Å². The van der Waals surface area contributed by atoms with Crippen LogP contribution in [0.3, 0.4) is 0 Å². The summed E-state index contributed by atoms with van der Waals surface area (Å²) in [6.07, 6.45) is 0. The Morgan fingerprint density at radius 3 is 2.67 bits per heavy atom. The topological polar surface area (TPSA) is 12.0 Å². The zero-order valence-corrected chi connectivity index (χ0v) is 8.23. The van der Waals surface area contributed by atoms with Gasteiger partial charge < -0.3 is 5.32 Å². The molecule has 0 heterocycles. The van der Waals surface area contributed by atoms with Gasteiger partial charge in [0.1, 0.15) is 0 Å². The van der Waals surface area contributed by atoms with Crippen molar-refractivity contribution in [3.8, 4) is 0 Å². The standard InChI is InChI=1S/C10H14ClN/c1-3-12-8(2)9-6-4-5-7-10(9)11/h4-8,12H,3H2,1-2H3/t8-/m1/s1. The lowest BCUT2D eigenvalue weighted by Crippen LogP contribution is -2.17. The highest BCUT2D eigenvalue weighted by atomic mass is 35.5. The van der Waals surface area contributed by atoms with Gasteiger partial charge in [0.2, 0.25) is 0 Å². The van der Waals surface area contributed by atoms with Gasteiger partial charge in [0.15, 0.2) is 0 Å². The van der Waals surface area contributed by atoms with E-state index in [1.165, 1.54) is 5.56 Å². The molecule has 1 atom stereocenters. The minimum atomic E-state index is 0.337. The van der Waals surface area contributed by atoms with E-state index in [0.29, 0.717) is 6.04 Å². The monoisotopic (exact) mass is 183 g/mol. The zero-order valence-electron chi connectivity index (χ0n) is 7.47. The first-order chi connectivity index (χ1) is 5.75. The molecule has 0 saturated carbocycles. The molecule has 1 rings (SSSR count). The molecule has 0 aromatic heterocycles. The Labute approximate surface area is 78.7 Å². The highest BCUT2D eigenvalue weighted by Gasteiger charge is 2.05. The van der Waals surface area contributed by atoms with Gasteiger partial charge in [-0.25, -0.2) is 0 Å². The van der Waals surface area contributed by atoms with E-state index in [4.69, 9.17) is 11.6 Å². The first-order valence-electron chi connectivity index (χ1n) is 4.23. The number of benzene rings is 1. The van der Waals surface area contributed by atoms with Crippen LogP contribution in [-0.4, -0.2) is 6.54 Å². The second-order valence-corrected chi connectivity index (χ2v) is 3.21. The van der Waals surface area contributed by atoms with Crippen LogP contribution in [0.2, 0.25) is 5.02 Å². The summed E-state index contributed by atoms with van der Waals surface area (Å²) in [5, 5.41) is 4.16. The van der Waals surface area contributed by atoms with Crippen LogP contribution in [0.5, 0.6) is 0 Å². The van der Waals surface area contributed by atoms with Gasteiger partial charge in [-0.05, 0) is 25.1 Å². The van der Waals surface area contributed by atoms with Crippen molar-refractivity contribution in [3.63, 3.8) is 0 Å². The molecule has 1 aromatic rings. The van der Waals surface area contributed by atoms with Gasteiger partial charge in [-0.1, -0.05) is 36.7 Å². The van der Waals surface area contributed by atoms with Crippen LogP contribution in [-0.2, 0) is 0 Å². The molecule has 0 spiro atoms. The van der Waals surface area contributed by atoms with Gasteiger partial charge in [-0.15, -0.1) is 0 Å². The Bertz CT molecular complexity index is 247. The van der Waals surface area contributed by atoms with Crippen LogP contribution in [0.15, 0.2) is 24.3 Å². The molecule has 0 aliphatic rings. The van der Waals surface area contributed by atoms with Gasteiger partial charge in [0.25, 0.3) is 0 Å². The fourth-order valence-electron chi connectivity index (χ4n) is 1.24. The fourth-order valence-corrected chi connectivity index (χ4v) is 1.54. The van der Waals surface area contributed by atoms with Crippen molar-refractivity contribution < 1.29 is 0 Å². The van der Waals surface area contributed by atoms with Gasteiger partial charge in [-0.2, -0.15) is 0 Å². The van der Waals surface area contributed by atoms with E-state index in [-0.39, 0.29) is 0 Å². The Morgan fingerprint density at radius 1 is 1.42 bits per heavy atom. The molecule has 0 fully saturated rings. The van der Waals surface area contributed by atoms with Gasteiger partial charge in [0, 0.05) is 11.1 Å². The molecule has 0 saturated heterocycles. The molecule has 12 heavy (non-hydrogen) atoms. The third kappa shape index (κ3) is 2.23. The summed E-state index contributed by atoms with van der Waals surface area (Å²) in [5.41, 5.74) is 1.17. The number of halogens is 1. The molecule has 1 aromatic carbocycles. The Hall–Kier alpha value is -0.530. The van der Waals surface area contributed by atoms with Crippen molar-refractivity contribution in [1.82, 2.24) is 5.32 Å². The molecule has 0 radical (unpaired) electrons. The van der Waals surface area contributed by atoms with Crippen LogP contribution in [0.4, 0.5) is 0 Å². The minimum absolute atomic E-state index is 0.337. The first-order valence-corrected chi connectivity index (χ1v) is 4.61. The van der Waals surface area contributed by atoms with E-state index >= 15 is 0 Å². The maximum absolute atomic E-state index is 6.01. The second kappa shape index (κ2) is 4.48. The van der Waals surface area contributed by atoms with Crippen molar-refractivity contribution in [1.29, 1.82) is 0 Å². The number of hydrogen-bond donors (Lipinski definition) is 1. The molecular formula is C10H14ClN. The highest BCUT2D eigenvalue weighted by Crippen LogP contribution is 2.21. The molecule has 0 unspecified atom stereocenters. The van der Waals surface area contributed by atoms with E-state index in [2.05, 4.69) is 25.2 Å². The quantitative estimate of drug-likeness (QED) is 0.760. The van der Waals surface area contributed by atoms with Crippen molar-refractivity contribution in [2.45, 2.75) is 19.9 Å². The fraction of sp³-hybridized carbons (Fsp3) is 0.400. The molecule has 0 aliphatic carbocycles. The van der Waals surface area contributed by atoms with Gasteiger partial charge in [-0.3, -0.25) is 0 Å². The summed E-state index contributed by atoms with van der Waals surface area (Å²) in [6.45, 7) is 5.17. The van der Waals surface area contributed by atoms with Crippen molar-refractivity contribution in [2.24, 2.45) is 0 Å². The second-order valence-electron chi connectivity index (χ2n) is 2.80. The molecule has 1 N–H and O–H groups in total. The molecule has 0 bridgehead atoms. The summed E-state index contributed by atoms with van der Waals surface area (Å²) < 4.78 is 0. The first kappa shape index (κ1) is 9.56. The molecule has 0 aliphatic heterocycles. The lowest BCUT2D eigenvalue weighted by atomic mass is 10.1. The smallest absolute Gasteiger partial charge is 0.0453 e. The summed E-state index contributed by atoms with van der Waals surface area (Å²) in [5.74, 6) is 0. The van der Waals surface area contributed by atoms with E-state index in [1.807, 2.05) is 18.2 Å². The molecule has 0 amide bonds. The van der Waals surface area contributed by atoms with Gasteiger partial charge >= 0.3 is 0 Å². The lowest BCUT2D eigenvalue weighted by Gasteiger charge is -2.13. The zero-order chi connectivity index (χ0) is 8.97. The van der Waals surface area contributed by atoms with Gasteiger partial charge in [0.05, 0.1) is 0 Å². The van der Waals surface area contributed by atoms with Crippen LogP contribution in [0.1, 0.15) is 25.5 Å². The van der Waals surface area contributed by atoms with Crippen LogP contribution < -0.4 is 5.32 Å². The number of hydrogen-bond acceptors (Lipinski definition) is 1.